The maximum absolute atomic E-state index is 14.5. The van der Waals surface area contributed by atoms with Gasteiger partial charge < -0.3 is 10.1 Å². The summed E-state index contributed by atoms with van der Waals surface area (Å²) >= 11 is 0. The fourth-order valence-electron chi connectivity index (χ4n) is 4.16. The number of nitrogens with one attached hydrogen (secondary N) is 1. The lowest BCUT2D eigenvalue weighted by atomic mass is 10.1. The molecule has 5 nitrogen and oxygen atoms in total. The van der Waals surface area contributed by atoms with Crippen LogP contribution in [-0.4, -0.2) is 42.2 Å². The Labute approximate surface area is 192 Å². The first kappa shape index (κ1) is 23.1. The molecule has 3 aromatic rings. The number of alkyl halides is 1. The second kappa shape index (κ2) is 10.7. The van der Waals surface area contributed by atoms with Gasteiger partial charge in [0.2, 0.25) is 0 Å². The highest BCUT2D eigenvalue weighted by atomic mass is 19.1. The Hall–Kier alpha value is -3.06. The molecule has 1 aliphatic rings. The molecule has 4 rings (SSSR count). The number of fused-ring (bicyclic) bond motifs is 1. The van der Waals surface area contributed by atoms with Crippen molar-refractivity contribution in [3.63, 3.8) is 0 Å². The number of carbonyl (C=O) groups excluding carboxylic acids is 1. The molecule has 2 heterocycles. The Balaban J connectivity index is 1.45. The number of pyridine rings is 1. The van der Waals surface area contributed by atoms with Gasteiger partial charge in [-0.05, 0) is 81.1 Å². The van der Waals surface area contributed by atoms with E-state index in [0.29, 0.717) is 30.9 Å². The highest BCUT2D eigenvalue weighted by molar-refractivity contribution is 6.06. The monoisotopic (exact) mass is 453 g/mol. The van der Waals surface area contributed by atoms with Gasteiger partial charge in [-0.15, -0.1) is 0 Å². The topological polar surface area (TPSA) is 54.5 Å². The molecule has 1 aliphatic heterocycles. The molecule has 0 bridgehead atoms. The molecule has 1 saturated heterocycles. The number of hydrogen-bond donors (Lipinski definition) is 1. The van der Waals surface area contributed by atoms with Gasteiger partial charge in [0.1, 0.15) is 11.6 Å². The number of likely N-dealkylation sites (tertiary alicyclic amines) is 1. The van der Waals surface area contributed by atoms with Crippen molar-refractivity contribution in [3.05, 3.63) is 65.1 Å². The molecule has 174 valence electrons. The van der Waals surface area contributed by atoms with Crippen LogP contribution >= 0.6 is 0 Å². The maximum Gasteiger partial charge on any atom is 0.258 e. The number of anilines is 1. The zero-order valence-electron chi connectivity index (χ0n) is 18.9. The van der Waals surface area contributed by atoms with Crippen LogP contribution in [0.1, 0.15) is 47.2 Å². The summed E-state index contributed by atoms with van der Waals surface area (Å²) in [7, 11) is 0. The van der Waals surface area contributed by atoms with Gasteiger partial charge in [-0.2, -0.15) is 0 Å². The number of halogens is 2. The number of ether oxygens (including phenoxy) is 1. The summed E-state index contributed by atoms with van der Waals surface area (Å²) in [6.07, 6.45) is 5.35. The molecule has 1 amide bonds. The Bertz CT molecular complexity index is 1130. The third kappa shape index (κ3) is 5.66. The van der Waals surface area contributed by atoms with E-state index in [-0.39, 0.29) is 5.56 Å². The van der Waals surface area contributed by atoms with Gasteiger partial charge in [0.05, 0.1) is 24.4 Å². The smallest absolute Gasteiger partial charge is 0.258 e. The van der Waals surface area contributed by atoms with Crippen LogP contribution in [0.25, 0.3) is 10.9 Å². The molecule has 1 fully saturated rings. The van der Waals surface area contributed by atoms with Crippen LogP contribution in [0.4, 0.5) is 14.5 Å². The standard InChI is InChI=1S/C26H29F2N3O2/c1-18-24(9-6-20-14-19(16-29-25(18)20)17-31-11-3-4-12-31)30-26(32)22-8-7-21(15-23(22)28)33-13-5-2-10-27/h6-9,14-16H,2-5,10-13,17H2,1H3,(H,30,32). The molecule has 0 saturated carbocycles. The molecule has 0 radical (unpaired) electrons. The van der Waals surface area contributed by atoms with Crippen LogP contribution in [0.5, 0.6) is 5.75 Å². The largest absolute Gasteiger partial charge is 0.493 e. The minimum atomic E-state index is -0.668. The molecule has 0 unspecified atom stereocenters. The molecular formula is C26H29F2N3O2. The molecular weight excluding hydrogens is 424 g/mol. The van der Waals surface area contributed by atoms with E-state index in [1.54, 1.807) is 6.07 Å². The highest BCUT2D eigenvalue weighted by Crippen LogP contribution is 2.26. The zero-order valence-corrected chi connectivity index (χ0v) is 18.9. The SMILES string of the molecule is Cc1c(NC(=O)c2ccc(OCCCCF)cc2F)ccc2cc(CN3CCCC3)cnc12. The van der Waals surface area contributed by atoms with Crippen molar-refractivity contribution >= 4 is 22.5 Å². The quantitative estimate of drug-likeness (QED) is 0.425. The third-order valence-corrected chi connectivity index (χ3v) is 6.00. The Morgan fingerprint density at radius 1 is 1.15 bits per heavy atom. The number of rotatable bonds is 9. The molecule has 33 heavy (non-hydrogen) atoms. The van der Waals surface area contributed by atoms with Crippen molar-refractivity contribution < 1.29 is 18.3 Å². The van der Waals surface area contributed by atoms with E-state index in [4.69, 9.17) is 4.74 Å². The summed E-state index contributed by atoms with van der Waals surface area (Å²) in [6, 6.07) is 10.0. The summed E-state index contributed by atoms with van der Waals surface area (Å²) in [5.41, 5.74) is 3.35. The second-order valence-electron chi connectivity index (χ2n) is 8.48. The second-order valence-corrected chi connectivity index (χ2v) is 8.48. The molecule has 2 aromatic carbocycles. The van der Waals surface area contributed by atoms with E-state index in [1.807, 2.05) is 25.3 Å². The Morgan fingerprint density at radius 2 is 1.97 bits per heavy atom. The first-order chi connectivity index (χ1) is 16.0. The first-order valence-electron chi connectivity index (χ1n) is 11.5. The number of hydrogen-bond acceptors (Lipinski definition) is 4. The lowest BCUT2D eigenvalue weighted by molar-refractivity contribution is 0.102. The molecule has 7 heteroatoms. The Kier molecular flexibility index (Phi) is 7.50. The van der Waals surface area contributed by atoms with E-state index >= 15 is 0 Å². The van der Waals surface area contributed by atoms with Gasteiger partial charge in [-0.1, -0.05) is 6.07 Å². The van der Waals surface area contributed by atoms with E-state index in [2.05, 4.69) is 21.3 Å². The van der Waals surface area contributed by atoms with Crippen molar-refractivity contribution in [1.82, 2.24) is 9.88 Å². The van der Waals surface area contributed by atoms with Crippen LogP contribution in [0, 0.1) is 12.7 Å². The van der Waals surface area contributed by atoms with Gasteiger partial charge >= 0.3 is 0 Å². The number of aromatic nitrogens is 1. The molecule has 0 aliphatic carbocycles. The average molecular weight is 454 g/mol. The van der Waals surface area contributed by atoms with Crippen molar-refractivity contribution in [2.45, 2.75) is 39.2 Å². The van der Waals surface area contributed by atoms with E-state index in [9.17, 15) is 13.6 Å². The Morgan fingerprint density at radius 3 is 2.73 bits per heavy atom. The normalized spacial score (nSPS) is 14.0. The van der Waals surface area contributed by atoms with Crippen LogP contribution in [-0.2, 0) is 6.54 Å². The van der Waals surface area contributed by atoms with Crippen LogP contribution in [0.2, 0.25) is 0 Å². The molecule has 0 atom stereocenters. The van der Waals surface area contributed by atoms with Crippen LogP contribution in [0.3, 0.4) is 0 Å². The number of unbranched alkanes of at least 4 members (excludes halogenated alkanes) is 1. The van der Waals surface area contributed by atoms with Gasteiger partial charge in [-0.3, -0.25) is 19.1 Å². The van der Waals surface area contributed by atoms with Crippen molar-refractivity contribution in [1.29, 1.82) is 0 Å². The van der Waals surface area contributed by atoms with Crippen molar-refractivity contribution in [3.8, 4) is 5.75 Å². The predicted molar refractivity (Wildman–Crippen MR) is 126 cm³/mol. The lowest BCUT2D eigenvalue weighted by Gasteiger charge is -2.15. The van der Waals surface area contributed by atoms with Crippen LogP contribution in [0.15, 0.2) is 42.6 Å². The van der Waals surface area contributed by atoms with Gasteiger partial charge in [0, 0.05) is 29.9 Å². The van der Waals surface area contributed by atoms with E-state index in [0.717, 1.165) is 36.1 Å². The number of nitrogens with zero attached hydrogens (tertiary/aromatic N) is 2. The minimum absolute atomic E-state index is 0.0699. The molecule has 1 N–H and O–H groups in total. The van der Waals surface area contributed by atoms with Gasteiger partial charge in [-0.25, -0.2) is 4.39 Å². The first-order valence-corrected chi connectivity index (χ1v) is 11.5. The number of carbonyl (C=O) groups is 1. The highest BCUT2D eigenvalue weighted by Gasteiger charge is 2.16. The third-order valence-electron chi connectivity index (χ3n) is 6.00. The van der Waals surface area contributed by atoms with Gasteiger partial charge in [0.25, 0.3) is 5.91 Å². The summed E-state index contributed by atoms with van der Waals surface area (Å²) < 4.78 is 32.1. The predicted octanol–water partition coefficient (Wildman–Crippen LogP) is 5.66. The lowest BCUT2D eigenvalue weighted by Crippen LogP contribution is -2.18. The molecule has 1 aromatic heterocycles. The number of benzene rings is 2. The summed E-state index contributed by atoms with van der Waals surface area (Å²) in [5, 5.41) is 3.82. The zero-order chi connectivity index (χ0) is 23.2. The number of amides is 1. The molecule has 0 spiro atoms. The van der Waals surface area contributed by atoms with E-state index < -0.39 is 18.4 Å². The summed E-state index contributed by atoms with van der Waals surface area (Å²) in [4.78, 5) is 19.8. The maximum atomic E-state index is 14.5. The van der Waals surface area contributed by atoms with E-state index in [1.165, 1.54) is 30.5 Å². The fourth-order valence-corrected chi connectivity index (χ4v) is 4.16. The van der Waals surface area contributed by atoms with Gasteiger partial charge in [0.15, 0.2) is 0 Å². The van der Waals surface area contributed by atoms with Crippen molar-refractivity contribution in [2.75, 3.05) is 31.7 Å². The van der Waals surface area contributed by atoms with Crippen LogP contribution < -0.4 is 10.1 Å². The fraction of sp³-hybridized carbons (Fsp3) is 0.385. The minimum Gasteiger partial charge on any atom is -0.493 e. The average Bonchev–Trinajstić information content (AvgIpc) is 3.32. The van der Waals surface area contributed by atoms with Crippen molar-refractivity contribution in [2.24, 2.45) is 0 Å². The summed E-state index contributed by atoms with van der Waals surface area (Å²) in [5.74, 6) is -0.887. The summed E-state index contributed by atoms with van der Waals surface area (Å²) in [6.45, 7) is 4.96. The number of aryl methyl sites for hydroxylation is 1.